The topological polar surface area (TPSA) is 341 Å². The highest BCUT2D eigenvalue weighted by atomic mass is 32.2. The van der Waals surface area contributed by atoms with Crippen molar-refractivity contribution in [3.63, 3.8) is 0 Å². The molecular formula is C111H186F10O23S2. The molecule has 1 aromatic heterocycles. The molecule has 11 aliphatic rings. The lowest BCUT2D eigenvalue weighted by Crippen LogP contribution is -2.70. The highest BCUT2D eigenvalue weighted by Gasteiger charge is 2.83. The first-order valence-corrected chi connectivity index (χ1v) is 49.9. The largest absolute Gasteiger partial charge is 0.743 e. The van der Waals surface area contributed by atoms with Crippen LogP contribution in [-0.2, 0) is 86.3 Å². The molecule has 2 saturated heterocycles. The molecule has 0 spiro atoms. The minimum absolute atomic E-state index is 0. The van der Waals surface area contributed by atoms with Gasteiger partial charge in [0.1, 0.15) is 30.0 Å². The van der Waals surface area contributed by atoms with Gasteiger partial charge in [0.05, 0.1) is 68.9 Å². The molecule has 4 aromatic rings. The van der Waals surface area contributed by atoms with Crippen molar-refractivity contribution in [3.8, 4) is 4.90 Å². The average Bonchev–Trinajstić information content (AvgIpc) is 0.901. The number of hydrogen-bond donors (Lipinski definition) is 4. The number of rotatable bonds is 26. The number of carbonyl (C=O) groups is 7. The Morgan fingerprint density at radius 3 is 1.25 bits per heavy atom. The van der Waals surface area contributed by atoms with Gasteiger partial charge in [0, 0.05) is 38.5 Å². The first kappa shape index (κ1) is 143. The van der Waals surface area contributed by atoms with E-state index in [1.54, 1.807) is 34.6 Å². The number of aliphatic hydroxyl groups is 4. The fourth-order valence-corrected chi connectivity index (χ4v) is 22.9. The summed E-state index contributed by atoms with van der Waals surface area (Å²) in [5, 5.41) is 39.0. The highest BCUT2D eigenvalue weighted by Crippen LogP contribution is 2.73. The minimum atomic E-state index is -5.98. The lowest BCUT2D eigenvalue weighted by molar-refractivity contribution is -0.409. The zero-order chi connectivity index (χ0) is 103. The molecule has 9 atom stereocenters. The summed E-state index contributed by atoms with van der Waals surface area (Å²) in [5.41, 5.74) is -14.8. The summed E-state index contributed by atoms with van der Waals surface area (Å²) < 4.78 is 214. The Balaban J connectivity index is -0.00000168. The van der Waals surface area contributed by atoms with Gasteiger partial charge < -0.3 is 67.6 Å². The number of carbonyl (C=O) groups excluding carboxylic acids is 7. The molecule has 9 saturated carbocycles. The molecule has 35 heteroatoms. The van der Waals surface area contributed by atoms with Crippen molar-refractivity contribution >= 4 is 82.5 Å². The first-order chi connectivity index (χ1) is 61.8. The van der Waals surface area contributed by atoms with Gasteiger partial charge >= 0.3 is 71.1 Å². The van der Waals surface area contributed by atoms with Crippen molar-refractivity contribution in [2.45, 2.75) is 469 Å². The normalized spacial score (nSPS) is 26.9. The quantitative estimate of drug-likeness (QED) is 0.0149. The Morgan fingerprint density at radius 1 is 0.500 bits per heavy atom. The number of benzene rings is 3. The second-order valence-electron chi connectivity index (χ2n) is 45.0. The van der Waals surface area contributed by atoms with E-state index < -0.39 is 142 Å². The van der Waals surface area contributed by atoms with E-state index >= 15 is 0 Å². The third kappa shape index (κ3) is 30.6. The van der Waals surface area contributed by atoms with E-state index in [9.17, 15) is 111 Å². The molecule has 23 nitrogen and oxygen atoms in total. The molecule has 3 aromatic carbocycles. The Morgan fingerprint density at radius 2 is 0.877 bits per heavy atom. The molecule has 0 amide bonds. The van der Waals surface area contributed by atoms with Gasteiger partial charge in [-0.1, -0.05) is 151 Å². The molecule has 9 unspecified atom stereocenters. The van der Waals surface area contributed by atoms with Crippen molar-refractivity contribution in [2.75, 3.05) is 19.8 Å². The van der Waals surface area contributed by atoms with E-state index in [-0.39, 0.29) is 181 Å². The second kappa shape index (κ2) is 50.8. The Kier molecular flexibility index (Phi) is 49.8. The summed E-state index contributed by atoms with van der Waals surface area (Å²) in [7, 11) is -5.92. The predicted molar refractivity (Wildman–Crippen MR) is 557 cm³/mol. The minimum Gasteiger partial charge on any atom is -0.743 e. The van der Waals surface area contributed by atoms with Gasteiger partial charge in [0.15, 0.2) is 36.1 Å². The van der Waals surface area contributed by atoms with Crippen LogP contribution >= 0.6 is 10.5 Å². The van der Waals surface area contributed by atoms with E-state index in [1.165, 1.54) is 38.9 Å². The summed E-state index contributed by atoms with van der Waals surface area (Å²) in [6, 6.07) is 28.4. The van der Waals surface area contributed by atoms with Crippen LogP contribution in [0.5, 0.6) is 0 Å². The maximum absolute atomic E-state index is 14.0. The van der Waals surface area contributed by atoms with Crippen LogP contribution in [-0.4, -0.2) is 182 Å². The fourth-order valence-electron chi connectivity index (χ4n) is 20.0. The maximum atomic E-state index is 14.0. The Bertz CT molecular complexity index is 4900. The molecule has 11 fully saturated rings. The van der Waals surface area contributed by atoms with Gasteiger partial charge in [0.25, 0.3) is 0 Å². The first-order valence-electron chi connectivity index (χ1n) is 47.3. The lowest BCUT2D eigenvalue weighted by atomic mass is 9.37. The molecular weight excluding hydrogens is 1960 g/mol. The van der Waals surface area contributed by atoms with Crippen LogP contribution in [0, 0.1) is 67.0 Å². The van der Waals surface area contributed by atoms with Crippen LogP contribution in [0.25, 0.3) is 25.1 Å². The highest BCUT2D eigenvalue weighted by molar-refractivity contribution is 7.86. The Labute approximate surface area is 870 Å². The number of hydrogen-bond acceptors (Lipinski definition) is 23. The molecule has 850 valence electrons. The van der Waals surface area contributed by atoms with E-state index in [0.29, 0.717) is 103 Å². The molecule has 8 bridgehead atoms. The number of fused-ring (bicyclic) bond motifs is 3. The monoisotopic (exact) mass is 2140 g/mol. The SMILES string of the molecule is C.C.C.C.C.C.C.C.C.C.CCC(C)(C)C(=O)OC1(C)COC(O)(C(F)(F)F)C1(F)F.CCC(C)(C)C(=O)OC12CC3CC(C(C)(C)O)(C1)CC(C(C)(C)O)(C3)C2.CCC(C)(C)C(=O)OC12CC3CC(C1)CC(C(=O)OC(C)C(F)(F)S(=O)(=O)[O-])(C3)C2.CCC(C)(C)C(=O)OC1CCC(C(C)(C)OCC(C)(O)C(F)(F)F)CC1.CCC(C)(C)C(=O)OC1COC(=O)C1.c1ccc(-[s+]2c3ccccc3c3ccccc32)cc1. The van der Waals surface area contributed by atoms with Crippen LogP contribution in [0.4, 0.5) is 43.9 Å². The third-order valence-corrected chi connectivity index (χ3v) is 34.5. The molecule has 3 heterocycles. The van der Waals surface area contributed by atoms with Crippen LogP contribution in [0.1, 0.15) is 382 Å². The van der Waals surface area contributed by atoms with E-state index in [1.807, 2.05) is 96.9 Å². The van der Waals surface area contributed by atoms with Gasteiger partial charge in [-0.25, -0.2) is 8.42 Å². The van der Waals surface area contributed by atoms with Gasteiger partial charge in [-0.05, 0) is 320 Å². The molecule has 15 rings (SSSR count). The Hall–Kier alpha value is -6.86. The van der Waals surface area contributed by atoms with Crippen molar-refractivity contribution in [3.05, 3.63) is 78.9 Å². The molecule has 4 N–H and O–H groups in total. The van der Waals surface area contributed by atoms with E-state index in [4.69, 9.17) is 33.2 Å². The second-order valence-corrected chi connectivity index (χ2v) is 48.4. The molecule has 146 heavy (non-hydrogen) atoms. The van der Waals surface area contributed by atoms with Crippen molar-refractivity contribution in [1.82, 2.24) is 0 Å². The smallest absolute Gasteiger partial charge is 0.449 e. The van der Waals surface area contributed by atoms with Gasteiger partial charge in [-0.15, -0.1) is 0 Å². The molecule has 9 aliphatic carbocycles. The van der Waals surface area contributed by atoms with Gasteiger partial charge in [-0.3, -0.25) is 33.6 Å². The zero-order valence-electron chi connectivity index (χ0n) is 83.4. The van der Waals surface area contributed by atoms with Gasteiger partial charge in [-0.2, -0.15) is 43.9 Å². The number of halogens is 10. The number of ether oxygens (including phenoxy) is 9. The standard InChI is InChI=1S/C22H38O4.C20H30F2O7S.C19H33F3O4.C18H13S.C12H17F5O4.C10H16O4.10CH4/c1-8-17(2,3)16(23)26-22-11-15-9-20(13-22,18(4,5)24)12-21(10-15,14-22)19(6,7)25;1-5-17(3,4)15(23)29-19-9-13-6-14(10-19)8-18(7-13,11-19)16(24)28-12(2)20(21,22)30(25,26)27;1-7-16(2,3)15(23)26-14-10-8-13(9-11-14)17(4,5)25-12-18(6,24)19(20,21)22;1-2-8-14(9-3-1)19-17-12-6-4-10-15(17)16-11-5-7-13-18(16)19;1-5-8(2,3)7(18)21-9(4)6-20-11(19,10(9,13)14)12(15,16)17;1-4-10(2,3)9(12)14-7-5-8(11)13-6-7;;;;;;;;;;/h15,24-25H,8-14H2,1-7H3;12-14H,5-11H2,1-4H3,(H,25,26,27);13-14,24H,7-12H2,1-6H3;1-13H;19H,5-6H2,1-4H3;7H,4-6H2,1-3H3;10*1H4/q;;;+1;;;;;;;;;;;;/p-1. The zero-order valence-corrected chi connectivity index (χ0v) is 85.0. The lowest BCUT2D eigenvalue weighted by Gasteiger charge is -2.70. The summed E-state index contributed by atoms with van der Waals surface area (Å²) in [5.74, 6) is -12.2. The molecule has 2 aliphatic heterocycles. The van der Waals surface area contributed by atoms with Crippen molar-refractivity contribution < 1.29 is 153 Å². The van der Waals surface area contributed by atoms with Crippen molar-refractivity contribution in [1.29, 1.82) is 0 Å². The van der Waals surface area contributed by atoms with E-state index in [0.717, 1.165) is 45.4 Å². The summed E-state index contributed by atoms with van der Waals surface area (Å²) in [4.78, 5) is 86.4. The average molecular weight is 2140 g/mol. The number of cyclic esters (lactones) is 1. The third-order valence-electron chi connectivity index (χ3n) is 31.1. The fraction of sp³-hybridized carbons (Fsp3) is 0.775. The van der Waals surface area contributed by atoms with E-state index in [2.05, 4.69) is 88.3 Å². The molecule has 0 radical (unpaired) electrons. The van der Waals surface area contributed by atoms with Crippen LogP contribution in [0.3, 0.4) is 0 Å². The summed E-state index contributed by atoms with van der Waals surface area (Å²) >= 11 is 0. The van der Waals surface area contributed by atoms with Crippen molar-refractivity contribution in [2.24, 2.45) is 67.0 Å². The number of alkyl halides is 10. The van der Waals surface area contributed by atoms with Gasteiger partial charge in [0.2, 0.25) is 5.60 Å². The van der Waals surface area contributed by atoms with Crippen LogP contribution in [0.2, 0.25) is 0 Å². The van der Waals surface area contributed by atoms with Crippen LogP contribution < -0.4 is 0 Å². The van der Waals surface area contributed by atoms with Crippen LogP contribution in [0.15, 0.2) is 78.9 Å². The number of esters is 7. The summed E-state index contributed by atoms with van der Waals surface area (Å²) in [6.45, 7) is 38.2. The predicted octanol–water partition coefficient (Wildman–Crippen LogP) is 28.2. The number of thiophene rings is 1. The summed E-state index contributed by atoms with van der Waals surface area (Å²) in [6.07, 6.45) is 0.587. The maximum Gasteiger partial charge on any atom is 0.449 e.